The van der Waals surface area contributed by atoms with Crippen molar-refractivity contribution in [2.45, 2.75) is 17.3 Å². The number of hydrogen-bond donors (Lipinski definition) is 2. The molecule has 3 N–H and O–H groups in total. The molecule has 10 heteroatoms. The van der Waals surface area contributed by atoms with Gasteiger partial charge in [0.05, 0.1) is 17.2 Å². The normalized spacial score (nSPS) is 12.1. The number of carbonyl (C=O) groups excluding carboxylic acids is 1. The van der Waals surface area contributed by atoms with Gasteiger partial charge in [0.2, 0.25) is 16.9 Å². The first-order valence-corrected chi connectivity index (χ1v) is 8.00. The van der Waals surface area contributed by atoms with Gasteiger partial charge in [0.1, 0.15) is 11.6 Å². The highest BCUT2D eigenvalue weighted by Gasteiger charge is 2.21. The van der Waals surface area contributed by atoms with Crippen LogP contribution in [0.5, 0.6) is 0 Å². The second kappa shape index (κ2) is 6.93. The Morgan fingerprint density at radius 2 is 2.16 bits per heavy atom. The zero-order valence-corrected chi connectivity index (χ0v) is 13.8. The van der Waals surface area contributed by atoms with Crippen molar-refractivity contribution in [1.29, 1.82) is 0 Å². The van der Waals surface area contributed by atoms with Crippen LogP contribution in [0.4, 0.5) is 14.5 Å². The summed E-state index contributed by atoms with van der Waals surface area (Å²) in [6.07, 6.45) is 1.48. The van der Waals surface area contributed by atoms with E-state index in [0.29, 0.717) is 17.7 Å². The van der Waals surface area contributed by atoms with Gasteiger partial charge in [-0.3, -0.25) is 4.79 Å². The first-order valence-electron chi connectivity index (χ1n) is 7.12. The largest absolute Gasteiger partial charge is 0.461 e. The van der Waals surface area contributed by atoms with Crippen LogP contribution in [-0.2, 0) is 4.79 Å². The molecule has 0 saturated heterocycles. The van der Waals surface area contributed by atoms with Crippen molar-refractivity contribution >= 4 is 23.4 Å². The Bertz CT molecular complexity index is 897. The zero-order chi connectivity index (χ0) is 18.0. The summed E-state index contributed by atoms with van der Waals surface area (Å²) < 4.78 is 32.9. The Labute approximate surface area is 145 Å². The zero-order valence-electron chi connectivity index (χ0n) is 12.9. The summed E-state index contributed by atoms with van der Waals surface area (Å²) in [6.45, 7) is 1.60. The van der Waals surface area contributed by atoms with E-state index in [2.05, 4.69) is 15.5 Å². The number of furan rings is 1. The molecule has 25 heavy (non-hydrogen) atoms. The van der Waals surface area contributed by atoms with Gasteiger partial charge in [0, 0.05) is 6.07 Å². The summed E-state index contributed by atoms with van der Waals surface area (Å²) in [7, 11) is 0. The number of nitrogens with one attached hydrogen (secondary N) is 1. The summed E-state index contributed by atoms with van der Waals surface area (Å²) in [5, 5.41) is 9.86. The van der Waals surface area contributed by atoms with Crippen LogP contribution in [0.25, 0.3) is 11.6 Å². The SMILES string of the molecule is C[C@@H](Sc1nnc(-c2ccco2)n1N)C(=O)Nc1ccc(F)cc1F. The predicted octanol–water partition coefficient (Wildman–Crippen LogP) is 2.65. The van der Waals surface area contributed by atoms with Crippen LogP contribution in [0.2, 0.25) is 0 Å². The van der Waals surface area contributed by atoms with Crippen LogP contribution in [0.3, 0.4) is 0 Å². The molecular weight excluding hydrogens is 352 g/mol. The summed E-state index contributed by atoms with van der Waals surface area (Å²) in [6, 6.07) is 6.27. The second-order valence-electron chi connectivity index (χ2n) is 5.03. The molecular formula is C15H13F2N5O2S. The molecule has 2 heterocycles. The molecule has 7 nitrogen and oxygen atoms in total. The van der Waals surface area contributed by atoms with E-state index in [9.17, 15) is 13.6 Å². The monoisotopic (exact) mass is 365 g/mol. The lowest BCUT2D eigenvalue weighted by Gasteiger charge is -2.12. The molecule has 0 saturated carbocycles. The lowest BCUT2D eigenvalue weighted by Crippen LogP contribution is -2.24. The Morgan fingerprint density at radius 1 is 1.36 bits per heavy atom. The summed E-state index contributed by atoms with van der Waals surface area (Å²) in [5.74, 6) is 4.60. The fraction of sp³-hybridized carbons (Fsp3) is 0.133. The van der Waals surface area contributed by atoms with Crippen LogP contribution >= 0.6 is 11.8 Å². The molecule has 3 aromatic rings. The van der Waals surface area contributed by atoms with E-state index in [-0.39, 0.29) is 10.8 Å². The van der Waals surface area contributed by atoms with Gasteiger partial charge in [-0.1, -0.05) is 11.8 Å². The number of anilines is 1. The third kappa shape index (κ3) is 3.63. The number of halogens is 2. The number of benzene rings is 1. The minimum absolute atomic E-state index is 0.107. The van der Waals surface area contributed by atoms with Crippen molar-refractivity contribution in [3.05, 3.63) is 48.2 Å². The predicted molar refractivity (Wildman–Crippen MR) is 88.2 cm³/mol. The maximum absolute atomic E-state index is 13.6. The summed E-state index contributed by atoms with van der Waals surface area (Å²) in [5.41, 5.74) is -0.107. The molecule has 0 bridgehead atoms. The minimum atomic E-state index is -0.854. The standard InChI is InChI=1S/C15H13F2N5O2S/c1-8(14(23)19-11-5-4-9(16)7-10(11)17)25-15-21-20-13(22(15)18)12-3-2-6-24-12/h2-8H,18H2,1H3,(H,19,23)/t8-/m1/s1. The smallest absolute Gasteiger partial charge is 0.237 e. The molecule has 0 aliphatic rings. The molecule has 0 aliphatic heterocycles. The van der Waals surface area contributed by atoms with E-state index in [1.165, 1.54) is 10.9 Å². The third-order valence-electron chi connectivity index (χ3n) is 3.25. The van der Waals surface area contributed by atoms with Crippen LogP contribution < -0.4 is 11.2 Å². The molecule has 0 unspecified atom stereocenters. The molecule has 1 aromatic carbocycles. The van der Waals surface area contributed by atoms with E-state index in [0.717, 1.165) is 23.9 Å². The van der Waals surface area contributed by atoms with Crippen molar-refractivity contribution in [2.75, 3.05) is 11.2 Å². The highest BCUT2D eigenvalue weighted by atomic mass is 32.2. The molecule has 0 fully saturated rings. The third-order valence-corrected chi connectivity index (χ3v) is 4.30. The molecule has 2 aromatic heterocycles. The van der Waals surface area contributed by atoms with Crippen LogP contribution in [0, 0.1) is 11.6 Å². The molecule has 1 atom stereocenters. The number of carbonyl (C=O) groups is 1. The first kappa shape index (κ1) is 17.0. The highest BCUT2D eigenvalue weighted by Crippen LogP contribution is 2.26. The van der Waals surface area contributed by atoms with Gasteiger partial charge in [-0.05, 0) is 31.2 Å². The van der Waals surface area contributed by atoms with Crippen molar-refractivity contribution in [3.8, 4) is 11.6 Å². The van der Waals surface area contributed by atoms with Gasteiger partial charge in [-0.2, -0.15) is 0 Å². The topological polar surface area (TPSA) is 99.0 Å². The van der Waals surface area contributed by atoms with Crippen LogP contribution in [0.1, 0.15) is 6.92 Å². The Balaban J connectivity index is 1.69. The number of nitrogen functional groups attached to an aromatic ring is 1. The number of aromatic nitrogens is 3. The number of rotatable bonds is 5. The number of thioether (sulfide) groups is 1. The van der Waals surface area contributed by atoms with Crippen molar-refractivity contribution < 1.29 is 18.0 Å². The number of hydrogen-bond acceptors (Lipinski definition) is 6. The molecule has 3 rings (SSSR count). The van der Waals surface area contributed by atoms with Gasteiger partial charge in [-0.25, -0.2) is 13.5 Å². The van der Waals surface area contributed by atoms with Gasteiger partial charge >= 0.3 is 0 Å². The molecule has 0 radical (unpaired) electrons. The number of nitrogens with zero attached hydrogens (tertiary/aromatic N) is 3. The van der Waals surface area contributed by atoms with Gasteiger partial charge < -0.3 is 15.6 Å². The van der Waals surface area contributed by atoms with Gasteiger partial charge in [-0.15, -0.1) is 10.2 Å². The number of nitrogens with two attached hydrogens (primary N) is 1. The van der Waals surface area contributed by atoms with E-state index < -0.39 is 22.8 Å². The maximum Gasteiger partial charge on any atom is 0.237 e. The van der Waals surface area contributed by atoms with E-state index in [4.69, 9.17) is 10.3 Å². The van der Waals surface area contributed by atoms with Crippen molar-refractivity contribution in [3.63, 3.8) is 0 Å². The maximum atomic E-state index is 13.6. The fourth-order valence-corrected chi connectivity index (χ4v) is 2.74. The molecule has 0 spiro atoms. The molecule has 0 aliphatic carbocycles. The van der Waals surface area contributed by atoms with Crippen LogP contribution in [0.15, 0.2) is 46.2 Å². The Kier molecular flexibility index (Phi) is 4.70. The average Bonchev–Trinajstić information content (AvgIpc) is 3.20. The van der Waals surface area contributed by atoms with Gasteiger partial charge in [0.25, 0.3) is 0 Å². The minimum Gasteiger partial charge on any atom is -0.461 e. The van der Waals surface area contributed by atoms with Crippen molar-refractivity contribution in [2.24, 2.45) is 0 Å². The van der Waals surface area contributed by atoms with Crippen molar-refractivity contribution in [1.82, 2.24) is 14.9 Å². The summed E-state index contributed by atoms with van der Waals surface area (Å²) in [4.78, 5) is 12.2. The van der Waals surface area contributed by atoms with Gasteiger partial charge in [0.15, 0.2) is 5.76 Å². The lowest BCUT2D eigenvalue weighted by atomic mass is 10.3. The molecule has 130 valence electrons. The average molecular weight is 365 g/mol. The van der Waals surface area contributed by atoms with Crippen LogP contribution in [-0.4, -0.2) is 26.0 Å². The Hall–Kier alpha value is -2.88. The second-order valence-corrected chi connectivity index (χ2v) is 6.33. The summed E-state index contributed by atoms with van der Waals surface area (Å²) >= 11 is 1.04. The first-order chi connectivity index (χ1) is 12.0. The highest BCUT2D eigenvalue weighted by molar-refractivity contribution is 8.00. The van der Waals surface area contributed by atoms with E-state index in [1.807, 2.05) is 0 Å². The van der Waals surface area contributed by atoms with E-state index in [1.54, 1.807) is 19.1 Å². The Morgan fingerprint density at radius 3 is 2.84 bits per heavy atom. The molecule has 1 amide bonds. The fourth-order valence-electron chi connectivity index (χ4n) is 1.97. The lowest BCUT2D eigenvalue weighted by molar-refractivity contribution is -0.115. The number of amides is 1. The van der Waals surface area contributed by atoms with E-state index >= 15 is 0 Å². The quantitative estimate of drug-likeness (QED) is 0.533.